The third-order valence-corrected chi connectivity index (χ3v) is 4.62. The molecule has 3 aromatic carbocycles. The number of hydrogen-bond donors (Lipinski definition) is 0. The summed E-state index contributed by atoms with van der Waals surface area (Å²) in [5.74, 6) is -2.10. The number of esters is 2. The van der Waals surface area contributed by atoms with E-state index in [0.717, 1.165) is 5.56 Å². The summed E-state index contributed by atoms with van der Waals surface area (Å²) >= 11 is 0. The van der Waals surface area contributed by atoms with Crippen molar-refractivity contribution >= 4 is 23.3 Å². The van der Waals surface area contributed by atoms with Crippen LogP contribution in [0.3, 0.4) is 0 Å². The third-order valence-electron chi connectivity index (χ3n) is 4.62. The van der Waals surface area contributed by atoms with Gasteiger partial charge in [-0.15, -0.1) is 0 Å². The van der Waals surface area contributed by atoms with Crippen LogP contribution in [-0.4, -0.2) is 21.8 Å². The average molecular weight is 450 g/mol. The lowest BCUT2D eigenvalue weighted by atomic mass is 9.96. The number of benzene rings is 3. The summed E-state index contributed by atoms with van der Waals surface area (Å²) in [7, 11) is 0. The number of non-ortho nitro benzene ring substituents is 2. The molecule has 168 valence electrons. The summed E-state index contributed by atoms with van der Waals surface area (Å²) in [4.78, 5) is 45.7. The molecule has 1 atom stereocenters. The van der Waals surface area contributed by atoms with Crippen LogP contribution in [0.1, 0.15) is 12.0 Å². The highest BCUT2D eigenvalue weighted by Crippen LogP contribution is 2.22. The fourth-order valence-electron chi connectivity index (χ4n) is 2.98. The molecule has 0 saturated heterocycles. The van der Waals surface area contributed by atoms with Crippen LogP contribution in [0.15, 0.2) is 78.9 Å². The van der Waals surface area contributed by atoms with E-state index in [9.17, 15) is 29.8 Å². The summed E-state index contributed by atoms with van der Waals surface area (Å²) in [6.07, 6.45) is -0.111. The predicted molar refractivity (Wildman–Crippen MR) is 116 cm³/mol. The Balaban J connectivity index is 1.71. The van der Waals surface area contributed by atoms with E-state index in [1.165, 1.54) is 48.5 Å². The van der Waals surface area contributed by atoms with Gasteiger partial charge in [0.25, 0.3) is 11.4 Å². The van der Waals surface area contributed by atoms with Gasteiger partial charge in [0.2, 0.25) is 0 Å². The zero-order valence-electron chi connectivity index (χ0n) is 17.2. The molecule has 0 heterocycles. The topological polar surface area (TPSA) is 139 Å². The van der Waals surface area contributed by atoms with Crippen molar-refractivity contribution in [3.63, 3.8) is 0 Å². The molecule has 3 rings (SSSR count). The highest BCUT2D eigenvalue weighted by atomic mass is 16.6. The molecule has 0 aromatic heterocycles. The van der Waals surface area contributed by atoms with Gasteiger partial charge in [0.15, 0.2) is 0 Å². The molecule has 0 N–H and O–H groups in total. The fraction of sp³-hybridized carbons (Fsp3) is 0.130. The van der Waals surface area contributed by atoms with Crippen molar-refractivity contribution in [1.82, 2.24) is 0 Å². The van der Waals surface area contributed by atoms with Crippen molar-refractivity contribution in [2.24, 2.45) is 5.92 Å². The molecule has 33 heavy (non-hydrogen) atoms. The molecule has 0 bridgehead atoms. The first kappa shape index (κ1) is 23.1. The summed E-state index contributed by atoms with van der Waals surface area (Å²) < 4.78 is 10.5. The number of hydrogen-bond acceptors (Lipinski definition) is 8. The first-order chi connectivity index (χ1) is 15.8. The molecule has 10 nitrogen and oxygen atoms in total. The lowest BCUT2D eigenvalue weighted by Gasteiger charge is -2.15. The minimum Gasteiger partial charge on any atom is -0.427 e. The fourth-order valence-corrected chi connectivity index (χ4v) is 2.98. The maximum absolute atomic E-state index is 12.8. The van der Waals surface area contributed by atoms with Gasteiger partial charge in [-0.25, -0.2) is 0 Å². The van der Waals surface area contributed by atoms with E-state index in [1.54, 1.807) is 24.3 Å². The number of ether oxygens (including phenoxy) is 2. The van der Waals surface area contributed by atoms with Gasteiger partial charge in [0.1, 0.15) is 11.5 Å². The Morgan fingerprint density at radius 3 is 1.70 bits per heavy atom. The van der Waals surface area contributed by atoms with E-state index >= 15 is 0 Å². The van der Waals surface area contributed by atoms with Crippen molar-refractivity contribution in [1.29, 1.82) is 0 Å². The van der Waals surface area contributed by atoms with Crippen LogP contribution in [0.2, 0.25) is 0 Å². The molecule has 0 aliphatic rings. The third kappa shape index (κ3) is 6.69. The molecule has 1 unspecified atom stereocenters. The van der Waals surface area contributed by atoms with Crippen LogP contribution >= 0.6 is 0 Å². The normalized spacial score (nSPS) is 11.3. The number of nitrogens with zero attached hydrogens (tertiary/aromatic N) is 2. The Kier molecular flexibility index (Phi) is 7.43. The van der Waals surface area contributed by atoms with Gasteiger partial charge in [-0.2, -0.15) is 0 Å². The second-order valence-electron chi connectivity index (χ2n) is 6.99. The molecule has 3 aromatic rings. The molecular formula is C23H18N2O8. The first-order valence-electron chi connectivity index (χ1n) is 9.77. The molecular weight excluding hydrogens is 432 g/mol. The minimum atomic E-state index is -0.895. The van der Waals surface area contributed by atoms with Crippen molar-refractivity contribution < 1.29 is 28.9 Å². The Bertz CT molecular complexity index is 1150. The molecule has 0 aliphatic heterocycles. The Hall–Kier alpha value is -4.60. The molecule has 0 amide bonds. The molecule has 0 radical (unpaired) electrons. The monoisotopic (exact) mass is 450 g/mol. The summed E-state index contributed by atoms with van der Waals surface area (Å²) in [5.41, 5.74) is 0.497. The van der Waals surface area contributed by atoms with Gasteiger partial charge < -0.3 is 9.47 Å². The van der Waals surface area contributed by atoms with E-state index in [1.807, 2.05) is 6.07 Å². The smallest absolute Gasteiger partial charge is 0.315 e. The van der Waals surface area contributed by atoms with Gasteiger partial charge in [-0.05, 0) is 36.2 Å². The average Bonchev–Trinajstić information content (AvgIpc) is 2.80. The number of carbonyl (C=O) groups is 2. The summed E-state index contributed by atoms with van der Waals surface area (Å²) in [5, 5.41) is 21.5. The Morgan fingerprint density at radius 1 is 0.727 bits per heavy atom. The van der Waals surface area contributed by atoms with Crippen LogP contribution in [0.25, 0.3) is 0 Å². The molecule has 10 heteroatoms. The quantitative estimate of drug-likeness (QED) is 0.204. The maximum atomic E-state index is 12.8. The van der Waals surface area contributed by atoms with Gasteiger partial charge in [0, 0.05) is 24.3 Å². The van der Waals surface area contributed by atoms with E-state index in [0.29, 0.717) is 0 Å². The Labute approximate surface area is 187 Å². The second-order valence-corrected chi connectivity index (χ2v) is 6.99. The van der Waals surface area contributed by atoms with E-state index in [2.05, 4.69) is 0 Å². The SMILES string of the molecule is O=C(CC(Cc1ccccc1)C(=O)Oc1ccc([N+](=O)[O-])cc1)Oc1ccc([N+](=O)[O-])cc1. The zero-order valence-corrected chi connectivity index (χ0v) is 17.2. The molecule has 0 spiro atoms. The van der Waals surface area contributed by atoms with Crippen molar-refractivity contribution in [2.75, 3.05) is 0 Å². The number of nitro benzene ring substituents is 2. The van der Waals surface area contributed by atoms with Gasteiger partial charge in [-0.1, -0.05) is 30.3 Å². The van der Waals surface area contributed by atoms with Crippen LogP contribution in [-0.2, 0) is 16.0 Å². The van der Waals surface area contributed by atoms with Gasteiger partial charge in [-0.3, -0.25) is 29.8 Å². The highest BCUT2D eigenvalue weighted by molar-refractivity contribution is 5.82. The van der Waals surface area contributed by atoms with Crippen LogP contribution in [0.4, 0.5) is 11.4 Å². The van der Waals surface area contributed by atoms with Crippen molar-refractivity contribution in [3.8, 4) is 11.5 Å². The second kappa shape index (κ2) is 10.6. The van der Waals surface area contributed by atoms with Crippen LogP contribution in [0.5, 0.6) is 11.5 Å². The summed E-state index contributed by atoms with van der Waals surface area (Å²) in [6.45, 7) is 0. The molecule has 0 aliphatic carbocycles. The highest BCUT2D eigenvalue weighted by Gasteiger charge is 2.26. The lowest BCUT2D eigenvalue weighted by Crippen LogP contribution is -2.27. The van der Waals surface area contributed by atoms with Crippen molar-refractivity contribution in [2.45, 2.75) is 12.8 Å². The minimum absolute atomic E-state index is 0.104. The van der Waals surface area contributed by atoms with Crippen LogP contribution < -0.4 is 9.47 Å². The molecule has 0 fully saturated rings. The van der Waals surface area contributed by atoms with E-state index < -0.39 is 27.7 Å². The summed E-state index contributed by atoms with van der Waals surface area (Å²) in [6, 6.07) is 19.0. The predicted octanol–water partition coefficient (Wildman–Crippen LogP) is 4.26. The Morgan fingerprint density at radius 2 is 1.21 bits per heavy atom. The molecule has 0 saturated carbocycles. The van der Waals surface area contributed by atoms with Crippen molar-refractivity contribution in [3.05, 3.63) is 105 Å². The number of nitro groups is 2. The largest absolute Gasteiger partial charge is 0.427 e. The van der Waals surface area contributed by atoms with Crippen LogP contribution in [0, 0.1) is 26.1 Å². The lowest BCUT2D eigenvalue weighted by molar-refractivity contribution is -0.385. The van der Waals surface area contributed by atoms with Gasteiger partial charge in [0.05, 0.1) is 22.2 Å². The number of carbonyl (C=O) groups excluding carboxylic acids is 2. The zero-order chi connectivity index (χ0) is 23.8. The first-order valence-corrected chi connectivity index (χ1v) is 9.77. The van der Waals surface area contributed by atoms with Gasteiger partial charge >= 0.3 is 11.9 Å². The standard InChI is InChI=1S/C23H18N2O8/c26-22(32-20-10-6-18(7-11-20)24(28)29)15-17(14-16-4-2-1-3-5-16)23(27)33-21-12-8-19(9-13-21)25(30)31/h1-13,17H,14-15H2. The van der Waals surface area contributed by atoms with E-state index in [-0.39, 0.29) is 35.7 Å². The maximum Gasteiger partial charge on any atom is 0.315 e. The number of rotatable bonds is 9. The van der Waals surface area contributed by atoms with E-state index in [4.69, 9.17) is 9.47 Å².